The van der Waals surface area contributed by atoms with Crippen LogP contribution in [0.15, 0.2) is 54.6 Å². The highest BCUT2D eigenvalue weighted by molar-refractivity contribution is 5.91. The molecule has 3 nitrogen and oxygen atoms in total. The Hall–Kier alpha value is -3.59. The summed E-state index contributed by atoms with van der Waals surface area (Å²) in [7, 11) is 0. The minimum absolute atomic E-state index is 1.00. The molecule has 0 unspecified atom stereocenters. The van der Waals surface area contributed by atoms with Crippen LogP contribution in [0.1, 0.15) is 60.1 Å². The monoisotopic (exact) mass is 473 g/mol. The summed E-state index contributed by atoms with van der Waals surface area (Å²) in [4.78, 5) is 2.54. The molecule has 0 spiro atoms. The zero-order valence-corrected chi connectivity index (χ0v) is 21.3. The Labute approximate surface area is 213 Å². The highest BCUT2D eigenvalue weighted by Gasteiger charge is 2.34. The summed E-state index contributed by atoms with van der Waals surface area (Å²) in [5.74, 6) is 2.20. The number of nitrogens with zero attached hydrogens (tertiary/aromatic N) is 2. The molecule has 3 aromatic carbocycles. The van der Waals surface area contributed by atoms with E-state index in [4.69, 9.17) is 4.74 Å². The highest BCUT2D eigenvalue weighted by Crippen LogP contribution is 2.48. The van der Waals surface area contributed by atoms with Crippen LogP contribution in [0.2, 0.25) is 0 Å². The molecular weight excluding hydrogens is 440 g/mol. The van der Waals surface area contributed by atoms with Crippen LogP contribution in [0.25, 0.3) is 17.7 Å². The maximum absolute atomic E-state index is 7.05. The lowest BCUT2D eigenvalue weighted by atomic mass is 9.84. The summed E-state index contributed by atoms with van der Waals surface area (Å²) in [6.45, 7) is 8.28. The third-order valence-electron chi connectivity index (χ3n) is 8.15. The molecule has 5 aliphatic rings. The van der Waals surface area contributed by atoms with Gasteiger partial charge in [-0.05, 0) is 54.7 Å². The molecule has 8 rings (SSSR count). The van der Waals surface area contributed by atoms with Crippen molar-refractivity contribution in [1.29, 1.82) is 0 Å². The first-order chi connectivity index (χ1) is 17.9. The second-order valence-corrected chi connectivity index (χ2v) is 10.1. The standard InChI is InChI=1S/C31H27N2O.C2H6/c1-2-8-20(9-3-1)27-25-18-21-10-4-14-32-16-6-12-23(28(21)32)30(25)34-31-24-13-7-17-33-15-5-11-22(29(24)33)19-26(27)31;1-2/h1-5,8-11,18-19H,6-7,12-17H2;1-2H3/q+1;. The van der Waals surface area contributed by atoms with E-state index in [1.54, 1.807) is 0 Å². The third-order valence-corrected chi connectivity index (χ3v) is 8.15. The SMILES string of the molecule is C1=Cc2cc3c(c4c2N(C1)CCC4)Oc1c2c4c(cc1=C3c1ccccc1)C=CC[N+]=4CCC2.CC. The van der Waals surface area contributed by atoms with E-state index in [-0.39, 0.29) is 0 Å². The smallest absolute Gasteiger partial charge is 0.214 e. The molecule has 0 saturated heterocycles. The maximum Gasteiger partial charge on any atom is 0.214 e. The molecule has 0 N–H and O–H groups in total. The topological polar surface area (TPSA) is 15.5 Å². The molecule has 0 saturated carbocycles. The average molecular weight is 474 g/mol. The minimum Gasteiger partial charge on any atom is -0.455 e. The second-order valence-electron chi connectivity index (χ2n) is 10.1. The Morgan fingerprint density at radius 2 is 1.69 bits per heavy atom. The van der Waals surface area contributed by atoms with Crippen LogP contribution in [0.4, 0.5) is 5.69 Å². The number of benzene rings is 3. The zero-order valence-electron chi connectivity index (χ0n) is 21.3. The van der Waals surface area contributed by atoms with Crippen molar-refractivity contribution < 1.29 is 4.74 Å². The van der Waals surface area contributed by atoms with E-state index in [2.05, 4.69) is 76.2 Å². The first kappa shape index (κ1) is 21.7. The van der Waals surface area contributed by atoms with Crippen molar-refractivity contribution in [3.63, 3.8) is 0 Å². The minimum atomic E-state index is 1.00. The number of hydrogen-bond donors (Lipinski definition) is 0. The number of rotatable bonds is 1. The van der Waals surface area contributed by atoms with Crippen molar-refractivity contribution in [3.8, 4) is 11.5 Å². The number of fused-ring (bicyclic) bond motifs is 4. The predicted molar refractivity (Wildman–Crippen MR) is 150 cm³/mol. The first-order valence-electron chi connectivity index (χ1n) is 13.7. The molecular formula is C33H33N2O+. The van der Waals surface area contributed by atoms with Crippen molar-refractivity contribution in [3.05, 3.63) is 98.6 Å². The van der Waals surface area contributed by atoms with Gasteiger partial charge in [0.25, 0.3) is 0 Å². The summed E-state index contributed by atoms with van der Waals surface area (Å²) < 4.78 is 9.59. The van der Waals surface area contributed by atoms with Gasteiger partial charge in [0, 0.05) is 47.0 Å². The van der Waals surface area contributed by atoms with E-state index < -0.39 is 0 Å². The molecule has 0 aromatic heterocycles. The molecule has 5 aliphatic heterocycles. The van der Waals surface area contributed by atoms with Crippen molar-refractivity contribution in [1.82, 2.24) is 4.58 Å². The van der Waals surface area contributed by atoms with Crippen LogP contribution >= 0.6 is 0 Å². The van der Waals surface area contributed by atoms with E-state index in [9.17, 15) is 0 Å². The normalized spacial score (nSPS) is 17.8. The van der Waals surface area contributed by atoms with Gasteiger partial charge in [0.05, 0.1) is 11.3 Å². The van der Waals surface area contributed by atoms with Gasteiger partial charge in [0.2, 0.25) is 5.36 Å². The molecule has 0 atom stereocenters. The third kappa shape index (κ3) is 3.08. The van der Waals surface area contributed by atoms with Gasteiger partial charge >= 0.3 is 0 Å². The molecule has 5 heterocycles. The fourth-order valence-corrected chi connectivity index (χ4v) is 6.80. The van der Waals surface area contributed by atoms with Gasteiger partial charge in [-0.1, -0.05) is 56.3 Å². The molecule has 180 valence electrons. The Morgan fingerprint density at radius 3 is 2.58 bits per heavy atom. The highest BCUT2D eigenvalue weighted by atomic mass is 16.5. The summed E-state index contributed by atoms with van der Waals surface area (Å²) in [6.07, 6.45) is 13.8. The van der Waals surface area contributed by atoms with Gasteiger partial charge < -0.3 is 9.64 Å². The molecule has 3 aromatic rings. The number of ether oxygens (including phenoxy) is 1. The van der Waals surface area contributed by atoms with Gasteiger partial charge in [0.15, 0.2) is 6.54 Å². The zero-order chi connectivity index (χ0) is 24.2. The number of hydrogen-bond acceptors (Lipinski definition) is 2. The van der Waals surface area contributed by atoms with Crippen LogP contribution < -0.4 is 24.8 Å². The Balaban J connectivity index is 0.00000108. The largest absolute Gasteiger partial charge is 0.455 e. The van der Waals surface area contributed by atoms with Gasteiger partial charge in [-0.3, -0.25) is 0 Å². The van der Waals surface area contributed by atoms with E-state index >= 15 is 0 Å². The van der Waals surface area contributed by atoms with E-state index in [0.29, 0.717) is 0 Å². The van der Waals surface area contributed by atoms with Crippen LogP contribution in [-0.2, 0) is 12.8 Å². The van der Waals surface area contributed by atoms with Crippen molar-refractivity contribution in [2.75, 3.05) is 31.1 Å². The Morgan fingerprint density at radius 1 is 0.861 bits per heavy atom. The lowest BCUT2D eigenvalue weighted by molar-refractivity contribution is 0.445. The fraction of sp³-hybridized carbons (Fsp3) is 0.303. The van der Waals surface area contributed by atoms with Crippen LogP contribution in [-0.4, -0.2) is 26.2 Å². The van der Waals surface area contributed by atoms with E-state index in [1.807, 2.05) is 13.8 Å². The van der Waals surface area contributed by atoms with Crippen LogP contribution in [0.3, 0.4) is 0 Å². The summed E-state index contributed by atoms with van der Waals surface area (Å²) in [6, 6.07) is 15.7. The van der Waals surface area contributed by atoms with Gasteiger partial charge in [0.1, 0.15) is 18.0 Å². The molecule has 36 heavy (non-hydrogen) atoms. The van der Waals surface area contributed by atoms with Crippen LogP contribution in [0.5, 0.6) is 11.5 Å². The maximum atomic E-state index is 7.05. The molecule has 0 radical (unpaired) electrons. The van der Waals surface area contributed by atoms with Crippen LogP contribution in [0, 0.1) is 0 Å². The molecule has 0 aliphatic carbocycles. The first-order valence-corrected chi connectivity index (χ1v) is 13.7. The van der Waals surface area contributed by atoms with Gasteiger partial charge in [-0.15, -0.1) is 0 Å². The molecule has 0 bridgehead atoms. The summed E-state index contributed by atoms with van der Waals surface area (Å²) >= 11 is 0. The van der Waals surface area contributed by atoms with Gasteiger partial charge in [-0.2, -0.15) is 0 Å². The van der Waals surface area contributed by atoms with Crippen molar-refractivity contribution in [2.45, 2.75) is 39.5 Å². The van der Waals surface area contributed by atoms with E-state index in [1.165, 1.54) is 68.1 Å². The summed E-state index contributed by atoms with van der Waals surface area (Å²) in [5.41, 5.74) is 10.7. The summed E-state index contributed by atoms with van der Waals surface area (Å²) in [5, 5.41) is 2.65. The predicted octanol–water partition coefficient (Wildman–Crippen LogP) is 5.31. The number of anilines is 1. The second kappa shape index (κ2) is 8.51. The fourth-order valence-electron chi connectivity index (χ4n) is 6.80. The average Bonchev–Trinajstić information content (AvgIpc) is 2.94. The lowest BCUT2D eigenvalue weighted by Gasteiger charge is -2.37. The molecule has 0 amide bonds. The van der Waals surface area contributed by atoms with Gasteiger partial charge in [-0.25, -0.2) is 4.58 Å². The van der Waals surface area contributed by atoms with Crippen molar-refractivity contribution >= 4 is 23.4 Å². The Kier molecular flexibility index (Phi) is 5.13. The molecule has 3 heteroatoms. The molecule has 0 fully saturated rings. The van der Waals surface area contributed by atoms with E-state index in [0.717, 1.165) is 50.5 Å². The lowest BCUT2D eigenvalue weighted by Crippen LogP contribution is -2.43. The van der Waals surface area contributed by atoms with Crippen molar-refractivity contribution in [2.24, 2.45) is 0 Å². The quantitative estimate of drug-likeness (QED) is 0.348. The Bertz CT molecular complexity index is 1580.